The summed E-state index contributed by atoms with van der Waals surface area (Å²) in [4.78, 5) is 0. The van der Waals surface area contributed by atoms with E-state index in [9.17, 15) is 4.39 Å². The zero-order valence-corrected chi connectivity index (χ0v) is 7.38. The van der Waals surface area contributed by atoms with E-state index in [-0.39, 0.29) is 12.1 Å². The van der Waals surface area contributed by atoms with E-state index in [1.165, 1.54) is 13.0 Å². The molecule has 0 amide bonds. The normalized spacial score (nSPS) is 25.8. The van der Waals surface area contributed by atoms with E-state index in [0.717, 1.165) is 25.9 Å². The smallest absolute Gasteiger partial charge is 0.157 e. The summed E-state index contributed by atoms with van der Waals surface area (Å²) in [6.45, 7) is 2.49. The van der Waals surface area contributed by atoms with Crippen LogP contribution < -0.4 is 0 Å². The minimum atomic E-state index is -0.203. The van der Waals surface area contributed by atoms with Crippen molar-refractivity contribution in [3.63, 3.8) is 0 Å². The third-order valence-electron chi connectivity index (χ3n) is 1.78. The highest BCUT2D eigenvalue weighted by Crippen LogP contribution is 2.13. The van der Waals surface area contributed by atoms with Gasteiger partial charge in [0.15, 0.2) is 6.29 Å². The van der Waals surface area contributed by atoms with Crippen LogP contribution in [-0.4, -0.2) is 19.5 Å². The molecule has 0 saturated carbocycles. The minimum absolute atomic E-state index is 0.116. The molecule has 1 fully saturated rings. The zero-order valence-electron chi connectivity index (χ0n) is 7.38. The van der Waals surface area contributed by atoms with Crippen molar-refractivity contribution in [1.29, 1.82) is 0 Å². The molecule has 0 aromatic carbocycles. The molecule has 0 N–H and O–H groups in total. The summed E-state index contributed by atoms with van der Waals surface area (Å²) in [6.07, 6.45) is 4.48. The second-order valence-electron chi connectivity index (χ2n) is 2.92. The van der Waals surface area contributed by atoms with Crippen molar-refractivity contribution in [2.75, 3.05) is 13.2 Å². The lowest BCUT2D eigenvalue weighted by molar-refractivity contribution is -0.155. The first-order valence-electron chi connectivity index (χ1n) is 4.34. The zero-order chi connectivity index (χ0) is 8.81. The first kappa shape index (κ1) is 9.68. The molecule has 1 saturated heterocycles. The Bertz CT molecular complexity index is 147. The van der Waals surface area contributed by atoms with Crippen LogP contribution in [0.4, 0.5) is 4.39 Å². The van der Waals surface area contributed by atoms with Crippen LogP contribution >= 0.6 is 0 Å². The van der Waals surface area contributed by atoms with E-state index in [1.807, 2.05) is 0 Å². The fraction of sp³-hybridized carbons (Fsp3) is 0.778. The Morgan fingerprint density at radius 2 is 2.50 bits per heavy atom. The molecule has 70 valence electrons. The van der Waals surface area contributed by atoms with Crippen molar-refractivity contribution in [1.82, 2.24) is 0 Å². The van der Waals surface area contributed by atoms with Gasteiger partial charge in [-0.3, -0.25) is 0 Å². The standard InChI is InChI=1S/C9H15FO2/c1-8(10)5-7-12-9-4-2-3-6-11-9/h5,9H,2-4,6-7H2,1H3/b8-5+. The summed E-state index contributed by atoms with van der Waals surface area (Å²) < 4.78 is 22.7. The molecule has 1 rings (SSSR count). The maximum atomic E-state index is 12.2. The minimum Gasteiger partial charge on any atom is -0.353 e. The predicted molar refractivity (Wildman–Crippen MR) is 44.4 cm³/mol. The highest BCUT2D eigenvalue weighted by atomic mass is 19.1. The number of allylic oxidation sites excluding steroid dienone is 1. The molecule has 1 aliphatic heterocycles. The highest BCUT2D eigenvalue weighted by molar-refractivity contribution is 4.86. The molecule has 0 aromatic heterocycles. The van der Waals surface area contributed by atoms with Crippen molar-refractivity contribution in [2.45, 2.75) is 32.5 Å². The molecule has 2 nitrogen and oxygen atoms in total. The van der Waals surface area contributed by atoms with Gasteiger partial charge in [-0.15, -0.1) is 0 Å². The fourth-order valence-electron chi connectivity index (χ4n) is 1.11. The molecule has 1 aliphatic rings. The number of hydrogen-bond donors (Lipinski definition) is 0. The third kappa shape index (κ3) is 3.83. The summed E-state index contributed by atoms with van der Waals surface area (Å²) >= 11 is 0. The average molecular weight is 174 g/mol. The molecule has 0 spiro atoms. The Hall–Kier alpha value is -0.410. The van der Waals surface area contributed by atoms with E-state index >= 15 is 0 Å². The first-order valence-corrected chi connectivity index (χ1v) is 4.34. The third-order valence-corrected chi connectivity index (χ3v) is 1.78. The van der Waals surface area contributed by atoms with E-state index < -0.39 is 0 Å². The van der Waals surface area contributed by atoms with Gasteiger partial charge in [0.25, 0.3) is 0 Å². The van der Waals surface area contributed by atoms with Gasteiger partial charge in [-0.1, -0.05) is 0 Å². The number of halogens is 1. The topological polar surface area (TPSA) is 18.5 Å². The number of rotatable bonds is 3. The second-order valence-corrected chi connectivity index (χ2v) is 2.92. The number of ether oxygens (including phenoxy) is 2. The fourth-order valence-corrected chi connectivity index (χ4v) is 1.11. The van der Waals surface area contributed by atoms with Gasteiger partial charge in [0, 0.05) is 6.61 Å². The van der Waals surface area contributed by atoms with E-state index in [4.69, 9.17) is 9.47 Å². The van der Waals surface area contributed by atoms with Gasteiger partial charge in [-0.05, 0) is 32.3 Å². The van der Waals surface area contributed by atoms with Gasteiger partial charge in [-0.25, -0.2) is 4.39 Å². The number of hydrogen-bond acceptors (Lipinski definition) is 2. The summed E-state index contributed by atoms with van der Waals surface area (Å²) in [5.74, 6) is -0.203. The van der Waals surface area contributed by atoms with Gasteiger partial charge in [0.2, 0.25) is 0 Å². The van der Waals surface area contributed by atoms with Crippen LogP contribution in [0.5, 0.6) is 0 Å². The van der Waals surface area contributed by atoms with Gasteiger partial charge < -0.3 is 9.47 Å². The van der Waals surface area contributed by atoms with Crippen molar-refractivity contribution in [2.24, 2.45) is 0 Å². The summed E-state index contributed by atoms with van der Waals surface area (Å²) in [5, 5.41) is 0. The SMILES string of the molecule is C/C(F)=C\COC1CCCCO1. The Morgan fingerprint density at radius 1 is 1.67 bits per heavy atom. The van der Waals surface area contributed by atoms with Crippen molar-refractivity contribution >= 4 is 0 Å². The van der Waals surface area contributed by atoms with Gasteiger partial charge in [0.05, 0.1) is 12.4 Å². The first-order chi connectivity index (χ1) is 5.79. The predicted octanol–water partition coefficient (Wildman–Crippen LogP) is 2.40. The Balaban J connectivity index is 2.09. The van der Waals surface area contributed by atoms with Crippen LogP contribution in [0.2, 0.25) is 0 Å². The molecular formula is C9H15FO2. The molecule has 1 atom stereocenters. The van der Waals surface area contributed by atoms with E-state index in [0.29, 0.717) is 6.61 Å². The van der Waals surface area contributed by atoms with Crippen LogP contribution in [-0.2, 0) is 9.47 Å². The van der Waals surface area contributed by atoms with Crippen molar-refractivity contribution in [3.8, 4) is 0 Å². The molecule has 0 bridgehead atoms. The largest absolute Gasteiger partial charge is 0.353 e. The lowest BCUT2D eigenvalue weighted by Gasteiger charge is -2.21. The summed E-state index contributed by atoms with van der Waals surface area (Å²) in [5.41, 5.74) is 0. The van der Waals surface area contributed by atoms with E-state index in [2.05, 4.69) is 0 Å². The van der Waals surface area contributed by atoms with E-state index in [1.54, 1.807) is 0 Å². The molecule has 0 aliphatic carbocycles. The molecule has 1 heterocycles. The lowest BCUT2D eigenvalue weighted by Crippen LogP contribution is -2.22. The molecule has 1 unspecified atom stereocenters. The molecular weight excluding hydrogens is 159 g/mol. The Morgan fingerprint density at radius 3 is 3.08 bits per heavy atom. The molecule has 3 heteroatoms. The molecule has 0 aromatic rings. The van der Waals surface area contributed by atoms with Crippen LogP contribution in [0.1, 0.15) is 26.2 Å². The Kier molecular flexibility index (Phi) is 4.25. The maximum absolute atomic E-state index is 12.2. The van der Waals surface area contributed by atoms with Crippen LogP contribution in [0, 0.1) is 0 Å². The van der Waals surface area contributed by atoms with Crippen LogP contribution in [0.3, 0.4) is 0 Å². The van der Waals surface area contributed by atoms with Crippen LogP contribution in [0.25, 0.3) is 0 Å². The highest BCUT2D eigenvalue weighted by Gasteiger charge is 2.12. The second kappa shape index (κ2) is 5.27. The lowest BCUT2D eigenvalue weighted by atomic mass is 10.2. The summed E-state index contributed by atoms with van der Waals surface area (Å²) in [6, 6.07) is 0. The van der Waals surface area contributed by atoms with Gasteiger partial charge in [-0.2, -0.15) is 0 Å². The summed E-state index contributed by atoms with van der Waals surface area (Å²) in [7, 11) is 0. The maximum Gasteiger partial charge on any atom is 0.157 e. The van der Waals surface area contributed by atoms with Gasteiger partial charge >= 0.3 is 0 Å². The van der Waals surface area contributed by atoms with Crippen molar-refractivity contribution < 1.29 is 13.9 Å². The van der Waals surface area contributed by atoms with Crippen molar-refractivity contribution in [3.05, 3.63) is 11.9 Å². The molecule has 0 radical (unpaired) electrons. The Labute approximate surface area is 72.4 Å². The average Bonchev–Trinajstić information content (AvgIpc) is 2.05. The van der Waals surface area contributed by atoms with Gasteiger partial charge in [0.1, 0.15) is 0 Å². The quantitative estimate of drug-likeness (QED) is 0.654. The molecule has 12 heavy (non-hydrogen) atoms. The monoisotopic (exact) mass is 174 g/mol. The van der Waals surface area contributed by atoms with Crippen LogP contribution in [0.15, 0.2) is 11.9 Å².